The molecule has 0 saturated carbocycles. The summed E-state index contributed by atoms with van der Waals surface area (Å²) >= 11 is 14.9. The zero-order chi connectivity index (χ0) is 14.0. The van der Waals surface area contributed by atoms with Gasteiger partial charge < -0.3 is 5.32 Å². The van der Waals surface area contributed by atoms with Crippen molar-refractivity contribution in [3.8, 4) is 0 Å². The summed E-state index contributed by atoms with van der Waals surface area (Å²) in [6.07, 6.45) is 1.60. The van der Waals surface area contributed by atoms with Gasteiger partial charge in [0.2, 0.25) is 0 Å². The SMILES string of the molecule is Cc1cc(Br)cnc1NC(=O)c1ccc(Cl)nc1Cl. The summed E-state index contributed by atoms with van der Waals surface area (Å²) in [5, 5.41) is 2.97. The highest BCUT2D eigenvalue weighted by molar-refractivity contribution is 9.10. The number of amides is 1. The Bertz CT molecular complexity index is 649. The Morgan fingerprint density at radius 3 is 2.74 bits per heavy atom. The highest BCUT2D eigenvalue weighted by Gasteiger charge is 2.13. The topological polar surface area (TPSA) is 54.9 Å². The molecule has 0 aliphatic carbocycles. The summed E-state index contributed by atoms with van der Waals surface area (Å²) in [5.41, 5.74) is 1.08. The molecule has 0 spiro atoms. The van der Waals surface area contributed by atoms with Gasteiger partial charge in [0.15, 0.2) is 0 Å². The van der Waals surface area contributed by atoms with E-state index in [0.717, 1.165) is 10.0 Å². The second-order valence-corrected chi connectivity index (χ2v) is 5.41. The van der Waals surface area contributed by atoms with E-state index in [1.54, 1.807) is 6.20 Å². The minimum absolute atomic E-state index is 0.0553. The minimum Gasteiger partial charge on any atom is -0.306 e. The van der Waals surface area contributed by atoms with Crippen LogP contribution in [0.3, 0.4) is 0 Å². The molecule has 0 bridgehead atoms. The standard InChI is InChI=1S/C12H8BrCl2N3O/c1-6-4-7(13)5-16-11(6)18-12(19)8-2-3-9(14)17-10(8)15/h2-5H,1H3,(H,16,18,19). The van der Waals surface area contributed by atoms with Crippen LogP contribution >= 0.6 is 39.1 Å². The molecule has 0 aliphatic heterocycles. The molecule has 4 nitrogen and oxygen atoms in total. The lowest BCUT2D eigenvalue weighted by Crippen LogP contribution is -2.14. The molecule has 0 saturated heterocycles. The average Bonchev–Trinajstić information content (AvgIpc) is 2.32. The smallest absolute Gasteiger partial charge is 0.259 e. The van der Waals surface area contributed by atoms with E-state index in [4.69, 9.17) is 23.2 Å². The van der Waals surface area contributed by atoms with Crippen LogP contribution in [0, 0.1) is 6.92 Å². The number of nitrogens with zero attached hydrogens (tertiary/aromatic N) is 2. The monoisotopic (exact) mass is 359 g/mol. The van der Waals surface area contributed by atoms with Crippen LogP contribution in [0.1, 0.15) is 15.9 Å². The first-order valence-corrected chi connectivity index (χ1v) is 6.78. The number of carbonyl (C=O) groups excluding carboxylic acids is 1. The van der Waals surface area contributed by atoms with Crippen molar-refractivity contribution in [1.29, 1.82) is 0 Å². The highest BCUT2D eigenvalue weighted by atomic mass is 79.9. The molecule has 2 aromatic heterocycles. The third kappa shape index (κ3) is 3.43. The van der Waals surface area contributed by atoms with Gasteiger partial charge in [0.1, 0.15) is 16.1 Å². The van der Waals surface area contributed by atoms with Gasteiger partial charge >= 0.3 is 0 Å². The average molecular weight is 361 g/mol. The van der Waals surface area contributed by atoms with Crippen molar-refractivity contribution in [2.24, 2.45) is 0 Å². The lowest BCUT2D eigenvalue weighted by atomic mass is 10.2. The first-order valence-electron chi connectivity index (χ1n) is 5.23. The summed E-state index contributed by atoms with van der Waals surface area (Å²) in [6.45, 7) is 1.84. The molecular weight excluding hydrogens is 353 g/mol. The number of anilines is 1. The molecule has 7 heteroatoms. The molecular formula is C12H8BrCl2N3O. The van der Waals surface area contributed by atoms with E-state index in [0.29, 0.717) is 5.82 Å². The fourth-order valence-electron chi connectivity index (χ4n) is 1.43. The van der Waals surface area contributed by atoms with Gasteiger partial charge in [-0.15, -0.1) is 0 Å². The summed E-state index contributed by atoms with van der Waals surface area (Å²) in [5.74, 6) is 0.0892. The zero-order valence-corrected chi connectivity index (χ0v) is 12.8. The third-order valence-corrected chi connectivity index (χ3v) is 3.27. The zero-order valence-electron chi connectivity index (χ0n) is 9.75. The Balaban J connectivity index is 2.25. The molecule has 1 amide bonds. The van der Waals surface area contributed by atoms with Crippen LogP contribution < -0.4 is 5.32 Å². The van der Waals surface area contributed by atoms with Crippen molar-refractivity contribution in [2.45, 2.75) is 6.92 Å². The Morgan fingerprint density at radius 1 is 1.37 bits per heavy atom. The number of nitrogens with one attached hydrogen (secondary N) is 1. The number of aromatic nitrogens is 2. The highest BCUT2D eigenvalue weighted by Crippen LogP contribution is 2.20. The Hall–Kier alpha value is -1.17. The Kier molecular flexibility index (Phi) is 4.39. The van der Waals surface area contributed by atoms with Crippen molar-refractivity contribution in [3.63, 3.8) is 0 Å². The number of pyridine rings is 2. The van der Waals surface area contributed by atoms with Crippen molar-refractivity contribution in [1.82, 2.24) is 9.97 Å². The summed E-state index contributed by atoms with van der Waals surface area (Å²) in [4.78, 5) is 20.0. The van der Waals surface area contributed by atoms with Crippen molar-refractivity contribution < 1.29 is 4.79 Å². The van der Waals surface area contributed by atoms with Crippen molar-refractivity contribution in [3.05, 3.63) is 50.3 Å². The van der Waals surface area contributed by atoms with Crippen LogP contribution in [-0.2, 0) is 0 Å². The van der Waals surface area contributed by atoms with E-state index in [2.05, 4.69) is 31.2 Å². The van der Waals surface area contributed by atoms with Gasteiger partial charge in [-0.05, 0) is 46.6 Å². The number of hydrogen-bond acceptors (Lipinski definition) is 3. The summed E-state index contributed by atoms with van der Waals surface area (Å²) < 4.78 is 0.842. The Labute approximate surface area is 128 Å². The van der Waals surface area contributed by atoms with Gasteiger partial charge in [-0.1, -0.05) is 23.2 Å². The van der Waals surface area contributed by atoms with Crippen LogP contribution in [0.5, 0.6) is 0 Å². The van der Waals surface area contributed by atoms with E-state index in [1.165, 1.54) is 12.1 Å². The maximum absolute atomic E-state index is 12.1. The fraction of sp³-hybridized carbons (Fsp3) is 0.0833. The van der Waals surface area contributed by atoms with Crippen LogP contribution in [0.2, 0.25) is 10.3 Å². The summed E-state index contributed by atoms with van der Waals surface area (Å²) in [7, 11) is 0. The predicted octanol–water partition coefficient (Wildman–Crippen LogP) is 4.11. The van der Waals surface area contributed by atoms with Crippen LogP contribution in [-0.4, -0.2) is 15.9 Å². The van der Waals surface area contributed by atoms with Gasteiger partial charge in [0, 0.05) is 10.7 Å². The van der Waals surface area contributed by atoms with E-state index in [-0.39, 0.29) is 21.8 Å². The number of carbonyl (C=O) groups is 1. The molecule has 0 aliphatic rings. The molecule has 2 rings (SSSR count). The quantitative estimate of drug-likeness (QED) is 0.820. The van der Waals surface area contributed by atoms with E-state index in [9.17, 15) is 4.79 Å². The van der Waals surface area contributed by atoms with Gasteiger partial charge in [0.25, 0.3) is 5.91 Å². The predicted molar refractivity (Wildman–Crippen MR) is 78.9 cm³/mol. The van der Waals surface area contributed by atoms with E-state index >= 15 is 0 Å². The first kappa shape index (κ1) is 14.2. The molecule has 0 unspecified atom stereocenters. The summed E-state index contributed by atoms with van der Waals surface area (Å²) in [6, 6.07) is 4.87. The molecule has 98 valence electrons. The number of halogens is 3. The molecule has 19 heavy (non-hydrogen) atoms. The molecule has 0 radical (unpaired) electrons. The van der Waals surface area contributed by atoms with E-state index < -0.39 is 0 Å². The van der Waals surface area contributed by atoms with E-state index in [1.807, 2.05) is 13.0 Å². The maximum atomic E-state index is 12.1. The van der Waals surface area contributed by atoms with Crippen LogP contribution in [0.4, 0.5) is 5.82 Å². The molecule has 0 aromatic carbocycles. The third-order valence-electron chi connectivity index (χ3n) is 2.34. The molecule has 0 atom stereocenters. The van der Waals surface area contributed by atoms with Gasteiger partial charge in [0.05, 0.1) is 5.56 Å². The lowest BCUT2D eigenvalue weighted by molar-refractivity contribution is 0.102. The van der Waals surface area contributed by atoms with Gasteiger partial charge in [-0.3, -0.25) is 4.79 Å². The van der Waals surface area contributed by atoms with Crippen molar-refractivity contribution >= 4 is 50.9 Å². The molecule has 2 heterocycles. The normalized spacial score (nSPS) is 10.3. The number of hydrogen-bond donors (Lipinski definition) is 1. The second-order valence-electron chi connectivity index (χ2n) is 3.75. The van der Waals surface area contributed by atoms with Crippen molar-refractivity contribution in [2.75, 3.05) is 5.32 Å². The molecule has 1 N–H and O–H groups in total. The first-order chi connectivity index (χ1) is 8.97. The second kappa shape index (κ2) is 5.86. The van der Waals surface area contributed by atoms with Gasteiger partial charge in [-0.25, -0.2) is 9.97 Å². The fourth-order valence-corrected chi connectivity index (χ4v) is 2.30. The largest absolute Gasteiger partial charge is 0.306 e. The number of aryl methyl sites for hydroxylation is 1. The maximum Gasteiger partial charge on any atom is 0.259 e. The van der Waals surface area contributed by atoms with Crippen LogP contribution in [0.15, 0.2) is 28.9 Å². The number of rotatable bonds is 2. The molecule has 0 fully saturated rings. The van der Waals surface area contributed by atoms with Gasteiger partial charge in [-0.2, -0.15) is 0 Å². The molecule has 2 aromatic rings. The Morgan fingerprint density at radius 2 is 2.11 bits per heavy atom. The minimum atomic E-state index is -0.382. The van der Waals surface area contributed by atoms with Crippen LogP contribution in [0.25, 0.3) is 0 Å². The lowest BCUT2D eigenvalue weighted by Gasteiger charge is -2.08.